The molecule has 25 heavy (non-hydrogen) atoms. The van der Waals surface area contributed by atoms with E-state index < -0.39 is 5.91 Å². The third-order valence-corrected chi connectivity index (χ3v) is 3.63. The van der Waals surface area contributed by atoms with E-state index in [-0.39, 0.29) is 11.5 Å². The lowest BCUT2D eigenvalue weighted by atomic mass is 10.2. The van der Waals surface area contributed by atoms with E-state index in [9.17, 15) is 9.18 Å². The van der Waals surface area contributed by atoms with Gasteiger partial charge in [0.15, 0.2) is 0 Å². The van der Waals surface area contributed by atoms with Crippen molar-refractivity contribution >= 4 is 29.0 Å². The topological polar surface area (TPSA) is 66.9 Å². The largest absolute Gasteiger partial charge is 0.365 e. The molecule has 0 aliphatic carbocycles. The van der Waals surface area contributed by atoms with Crippen molar-refractivity contribution in [2.24, 2.45) is 0 Å². The van der Waals surface area contributed by atoms with Crippen LogP contribution in [-0.2, 0) is 6.54 Å². The van der Waals surface area contributed by atoms with Gasteiger partial charge in [-0.05, 0) is 42.0 Å². The van der Waals surface area contributed by atoms with E-state index in [1.165, 1.54) is 36.7 Å². The van der Waals surface area contributed by atoms with Gasteiger partial charge in [0.25, 0.3) is 5.91 Å². The highest BCUT2D eigenvalue weighted by atomic mass is 35.5. The second kappa shape index (κ2) is 7.72. The summed E-state index contributed by atoms with van der Waals surface area (Å²) in [6.45, 7) is 0.562. The Kier molecular flexibility index (Phi) is 5.20. The van der Waals surface area contributed by atoms with Gasteiger partial charge in [0.2, 0.25) is 0 Å². The minimum Gasteiger partial charge on any atom is -0.365 e. The zero-order valence-electron chi connectivity index (χ0n) is 13.0. The number of benzene rings is 2. The molecule has 0 aliphatic heterocycles. The average molecular weight is 357 g/mol. The highest BCUT2D eigenvalue weighted by molar-refractivity contribution is 6.30. The predicted octanol–water partition coefficient (Wildman–Crippen LogP) is 4.13. The van der Waals surface area contributed by atoms with Crippen LogP contribution in [0.3, 0.4) is 0 Å². The molecule has 0 atom stereocenters. The molecule has 0 saturated heterocycles. The molecular formula is C18H14ClFN4O. The lowest BCUT2D eigenvalue weighted by Gasteiger charge is -2.07. The van der Waals surface area contributed by atoms with Crippen molar-refractivity contribution in [1.29, 1.82) is 0 Å². The normalized spacial score (nSPS) is 10.3. The first kappa shape index (κ1) is 16.9. The van der Waals surface area contributed by atoms with Crippen LogP contribution in [0.25, 0.3) is 0 Å². The van der Waals surface area contributed by atoms with Gasteiger partial charge in [-0.3, -0.25) is 4.79 Å². The van der Waals surface area contributed by atoms with Gasteiger partial charge in [0.05, 0.1) is 12.4 Å². The highest BCUT2D eigenvalue weighted by Crippen LogP contribution is 2.12. The van der Waals surface area contributed by atoms with Gasteiger partial charge >= 0.3 is 0 Å². The number of anilines is 2. The Balaban J connectivity index is 1.58. The molecule has 2 aromatic carbocycles. The number of hydrogen-bond donors (Lipinski definition) is 2. The highest BCUT2D eigenvalue weighted by Gasteiger charge is 2.08. The first-order chi connectivity index (χ1) is 12.1. The minimum absolute atomic E-state index is 0.168. The van der Waals surface area contributed by atoms with Crippen molar-refractivity contribution in [2.45, 2.75) is 6.54 Å². The summed E-state index contributed by atoms with van der Waals surface area (Å²) in [6, 6.07) is 12.9. The number of nitrogens with one attached hydrogen (secondary N) is 2. The van der Waals surface area contributed by atoms with Gasteiger partial charge < -0.3 is 10.6 Å². The van der Waals surface area contributed by atoms with Gasteiger partial charge in [-0.15, -0.1) is 0 Å². The van der Waals surface area contributed by atoms with Gasteiger partial charge in [0.1, 0.15) is 17.3 Å². The summed E-state index contributed by atoms with van der Waals surface area (Å²) in [5, 5.41) is 6.42. The summed E-state index contributed by atoms with van der Waals surface area (Å²) in [6.07, 6.45) is 2.86. The van der Waals surface area contributed by atoms with Gasteiger partial charge in [-0.1, -0.05) is 23.7 Å². The van der Waals surface area contributed by atoms with Crippen LogP contribution in [0.2, 0.25) is 5.02 Å². The fraction of sp³-hybridized carbons (Fsp3) is 0.0556. The summed E-state index contributed by atoms with van der Waals surface area (Å²) < 4.78 is 12.9. The standard InChI is InChI=1S/C18H14ClFN4O/c19-13-3-1-12(2-4-13)9-22-17-11-21-16(10-23-17)18(25)24-15-7-5-14(20)6-8-15/h1-8,10-11H,9H2,(H,22,23)(H,24,25). The fourth-order valence-electron chi connectivity index (χ4n) is 2.06. The summed E-state index contributed by atoms with van der Waals surface area (Å²) >= 11 is 5.84. The Labute approximate surface area is 148 Å². The quantitative estimate of drug-likeness (QED) is 0.721. The molecule has 1 aromatic heterocycles. The number of hydrogen-bond acceptors (Lipinski definition) is 4. The molecule has 0 bridgehead atoms. The third-order valence-electron chi connectivity index (χ3n) is 3.37. The van der Waals surface area contributed by atoms with E-state index in [1.54, 1.807) is 0 Å². The first-order valence-electron chi connectivity index (χ1n) is 7.47. The van der Waals surface area contributed by atoms with Crippen LogP contribution in [0.5, 0.6) is 0 Å². The molecule has 7 heteroatoms. The van der Waals surface area contributed by atoms with E-state index in [1.807, 2.05) is 24.3 Å². The molecule has 1 amide bonds. The van der Waals surface area contributed by atoms with Crippen LogP contribution < -0.4 is 10.6 Å². The molecule has 3 rings (SSSR count). The van der Waals surface area contributed by atoms with Crippen molar-refractivity contribution in [2.75, 3.05) is 10.6 Å². The molecule has 2 N–H and O–H groups in total. The number of halogens is 2. The van der Waals surface area contributed by atoms with E-state index in [2.05, 4.69) is 20.6 Å². The maximum atomic E-state index is 12.9. The van der Waals surface area contributed by atoms with Crippen molar-refractivity contribution in [3.05, 3.63) is 83.0 Å². The van der Waals surface area contributed by atoms with Crippen LogP contribution in [-0.4, -0.2) is 15.9 Å². The summed E-state index contributed by atoms with van der Waals surface area (Å²) in [5.74, 6) is -0.231. The van der Waals surface area contributed by atoms with Crippen LogP contribution >= 0.6 is 11.6 Å². The number of carbonyl (C=O) groups excluding carboxylic acids is 1. The van der Waals surface area contributed by atoms with Crippen LogP contribution in [0.4, 0.5) is 15.9 Å². The summed E-state index contributed by atoms with van der Waals surface area (Å²) in [4.78, 5) is 20.3. The second-order valence-corrected chi connectivity index (χ2v) is 5.66. The Morgan fingerprint density at radius 1 is 1.00 bits per heavy atom. The lowest BCUT2D eigenvalue weighted by Crippen LogP contribution is -2.14. The maximum absolute atomic E-state index is 12.9. The Hall–Kier alpha value is -2.99. The smallest absolute Gasteiger partial charge is 0.275 e. The third kappa shape index (κ3) is 4.74. The van der Waals surface area contributed by atoms with Crippen LogP contribution in [0.1, 0.15) is 16.1 Å². The Morgan fingerprint density at radius 3 is 2.36 bits per heavy atom. The molecule has 0 spiro atoms. The van der Waals surface area contributed by atoms with Crippen molar-refractivity contribution in [3.8, 4) is 0 Å². The van der Waals surface area contributed by atoms with Crippen LogP contribution in [0, 0.1) is 5.82 Å². The number of rotatable bonds is 5. The number of aromatic nitrogens is 2. The monoisotopic (exact) mass is 356 g/mol. The molecule has 0 radical (unpaired) electrons. The van der Waals surface area contributed by atoms with E-state index in [4.69, 9.17) is 11.6 Å². The molecule has 0 saturated carbocycles. The molecular weight excluding hydrogens is 343 g/mol. The van der Waals surface area contributed by atoms with E-state index in [0.717, 1.165) is 5.56 Å². The fourth-order valence-corrected chi connectivity index (χ4v) is 2.19. The zero-order chi connectivity index (χ0) is 17.6. The summed E-state index contributed by atoms with van der Waals surface area (Å²) in [5.41, 5.74) is 1.70. The molecule has 0 aliphatic rings. The summed E-state index contributed by atoms with van der Waals surface area (Å²) in [7, 11) is 0. The van der Waals surface area contributed by atoms with Crippen molar-refractivity contribution in [1.82, 2.24) is 9.97 Å². The van der Waals surface area contributed by atoms with Gasteiger partial charge in [-0.25, -0.2) is 14.4 Å². The second-order valence-electron chi connectivity index (χ2n) is 5.23. The Bertz CT molecular complexity index is 852. The number of carbonyl (C=O) groups is 1. The lowest BCUT2D eigenvalue weighted by molar-refractivity contribution is 0.102. The SMILES string of the molecule is O=C(Nc1ccc(F)cc1)c1cnc(NCc2ccc(Cl)cc2)cn1. The first-order valence-corrected chi connectivity index (χ1v) is 7.85. The molecule has 3 aromatic rings. The maximum Gasteiger partial charge on any atom is 0.275 e. The number of amides is 1. The van der Waals surface area contributed by atoms with Crippen molar-refractivity contribution in [3.63, 3.8) is 0 Å². The van der Waals surface area contributed by atoms with E-state index in [0.29, 0.717) is 23.1 Å². The number of nitrogens with zero attached hydrogens (tertiary/aromatic N) is 2. The molecule has 5 nitrogen and oxygen atoms in total. The molecule has 126 valence electrons. The van der Waals surface area contributed by atoms with Crippen molar-refractivity contribution < 1.29 is 9.18 Å². The zero-order valence-corrected chi connectivity index (χ0v) is 13.8. The Morgan fingerprint density at radius 2 is 1.72 bits per heavy atom. The average Bonchev–Trinajstić information content (AvgIpc) is 2.63. The van der Waals surface area contributed by atoms with Gasteiger partial charge in [-0.2, -0.15) is 0 Å². The minimum atomic E-state index is -0.414. The predicted molar refractivity (Wildman–Crippen MR) is 95.2 cm³/mol. The molecule has 1 heterocycles. The van der Waals surface area contributed by atoms with Crippen LogP contribution in [0.15, 0.2) is 60.9 Å². The van der Waals surface area contributed by atoms with Gasteiger partial charge in [0, 0.05) is 17.3 Å². The van der Waals surface area contributed by atoms with E-state index >= 15 is 0 Å². The molecule has 0 unspecified atom stereocenters. The molecule has 0 fully saturated rings.